The van der Waals surface area contributed by atoms with Gasteiger partial charge in [0.05, 0.1) is 16.6 Å². The number of nitrogens with zero attached hydrogens (tertiary/aromatic N) is 2. The molecule has 1 aromatic carbocycles. The zero-order valence-corrected chi connectivity index (χ0v) is 14.1. The molecule has 1 aliphatic rings. The molecule has 0 spiro atoms. The van der Waals surface area contributed by atoms with Crippen molar-refractivity contribution in [3.05, 3.63) is 33.8 Å². The first kappa shape index (κ1) is 16.8. The Hall–Kier alpha value is -0.610. The molecular weight excluding hydrogens is 307 g/mol. The predicted molar refractivity (Wildman–Crippen MR) is 88.5 cm³/mol. The van der Waals surface area contributed by atoms with Crippen LogP contribution < -0.4 is 0 Å². The highest BCUT2D eigenvalue weighted by atomic mass is 35.5. The summed E-state index contributed by atoms with van der Waals surface area (Å²) in [5.74, 6) is 0.775. The van der Waals surface area contributed by atoms with Crippen molar-refractivity contribution < 1.29 is 4.79 Å². The Morgan fingerprint density at radius 2 is 1.95 bits per heavy atom. The molecule has 116 valence electrons. The van der Waals surface area contributed by atoms with Gasteiger partial charge in [0.1, 0.15) is 0 Å². The lowest BCUT2D eigenvalue weighted by Gasteiger charge is -2.31. The summed E-state index contributed by atoms with van der Waals surface area (Å²) < 4.78 is 0. The molecule has 0 radical (unpaired) electrons. The molecule has 1 heterocycles. The summed E-state index contributed by atoms with van der Waals surface area (Å²) >= 11 is 11.8. The number of likely N-dealkylation sites (N-methyl/N-ethyl adjacent to an activating group) is 1. The fourth-order valence-electron chi connectivity index (χ4n) is 2.76. The highest BCUT2D eigenvalue weighted by Gasteiger charge is 2.19. The predicted octanol–water partition coefficient (Wildman–Crippen LogP) is 3.45. The number of hydrogen-bond donors (Lipinski definition) is 0. The minimum absolute atomic E-state index is 0.0870. The van der Waals surface area contributed by atoms with Crippen molar-refractivity contribution in [1.82, 2.24) is 9.80 Å². The summed E-state index contributed by atoms with van der Waals surface area (Å²) in [6, 6.07) is 5.06. The van der Waals surface area contributed by atoms with Gasteiger partial charge >= 0.3 is 0 Å². The number of hydrogen-bond acceptors (Lipinski definition) is 3. The molecule has 3 nitrogen and oxygen atoms in total. The monoisotopic (exact) mass is 328 g/mol. The van der Waals surface area contributed by atoms with Crippen LogP contribution in [0.2, 0.25) is 10.0 Å². The quantitative estimate of drug-likeness (QED) is 0.773. The SMILES string of the molecule is CN1CCC(CN(C)CC(=O)c2ccc(Cl)c(Cl)c2)CC1. The molecule has 2 rings (SSSR count). The molecule has 0 atom stereocenters. The largest absolute Gasteiger partial charge is 0.306 e. The second-order valence-corrected chi connectivity index (χ2v) is 6.81. The molecule has 0 unspecified atom stereocenters. The van der Waals surface area contributed by atoms with Gasteiger partial charge in [-0.05, 0) is 64.1 Å². The van der Waals surface area contributed by atoms with Gasteiger partial charge < -0.3 is 4.90 Å². The van der Waals surface area contributed by atoms with Crippen molar-refractivity contribution in [2.45, 2.75) is 12.8 Å². The number of carbonyl (C=O) groups excluding carboxylic acids is 1. The zero-order chi connectivity index (χ0) is 15.4. The summed E-state index contributed by atoms with van der Waals surface area (Å²) in [5, 5.41) is 0.911. The summed E-state index contributed by atoms with van der Waals surface area (Å²) in [5.41, 5.74) is 0.625. The van der Waals surface area contributed by atoms with Crippen LogP contribution in [0.3, 0.4) is 0 Å². The van der Waals surface area contributed by atoms with Crippen LogP contribution in [0, 0.1) is 5.92 Å². The Morgan fingerprint density at radius 3 is 2.57 bits per heavy atom. The summed E-state index contributed by atoms with van der Waals surface area (Å²) in [7, 11) is 4.17. The van der Waals surface area contributed by atoms with Crippen molar-refractivity contribution in [2.24, 2.45) is 5.92 Å². The Labute approximate surface area is 136 Å². The van der Waals surface area contributed by atoms with Gasteiger partial charge in [-0.2, -0.15) is 0 Å². The lowest BCUT2D eigenvalue weighted by atomic mass is 9.96. The summed E-state index contributed by atoms with van der Waals surface area (Å²) in [6.07, 6.45) is 2.42. The standard InChI is InChI=1S/C16H22Cl2N2O/c1-19-7-5-12(6-8-19)10-20(2)11-16(21)13-3-4-14(17)15(18)9-13/h3-4,9,12H,5-8,10-11H2,1-2H3. The van der Waals surface area contributed by atoms with E-state index in [-0.39, 0.29) is 5.78 Å². The van der Waals surface area contributed by atoms with E-state index < -0.39 is 0 Å². The minimum Gasteiger partial charge on any atom is -0.306 e. The van der Waals surface area contributed by atoms with E-state index in [1.807, 2.05) is 7.05 Å². The zero-order valence-electron chi connectivity index (χ0n) is 12.6. The third-order valence-electron chi connectivity index (χ3n) is 4.06. The maximum absolute atomic E-state index is 12.3. The summed E-state index contributed by atoms with van der Waals surface area (Å²) in [6.45, 7) is 3.70. The topological polar surface area (TPSA) is 23.6 Å². The van der Waals surface area contributed by atoms with Crippen LogP contribution >= 0.6 is 23.2 Å². The van der Waals surface area contributed by atoms with E-state index in [1.165, 1.54) is 12.8 Å². The lowest BCUT2D eigenvalue weighted by Crippen LogP contribution is -2.37. The Morgan fingerprint density at radius 1 is 1.29 bits per heavy atom. The summed E-state index contributed by atoms with van der Waals surface area (Å²) in [4.78, 5) is 16.7. The van der Waals surface area contributed by atoms with Crippen molar-refractivity contribution in [2.75, 3.05) is 40.3 Å². The number of Topliss-reactive ketones (excluding diaryl/α,β-unsaturated/α-hetero) is 1. The molecule has 0 bridgehead atoms. The van der Waals surface area contributed by atoms with Crippen LogP contribution in [0.1, 0.15) is 23.2 Å². The van der Waals surface area contributed by atoms with Gasteiger partial charge in [0, 0.05) is 12.1 Å². The first-order valence-corrected chi connectivity index (χ1v) is 8.06. The minimum atomic E-state index is 0.0870. The number of halogens is 2. The van der Waals surface area contributed by atoms with E-state index in [1.54, 1.807) is 18.2 Å². The molecule has 0 amide bonds. The molecule has 1 aliphatic heterocycles. The molecule has 1 fully saturated rings. The van der Waals surface area contributed by atoms with Gasteiger partial charge in [0.25, 0.3) is 0 Å². The van der Waals surface area contributed by atoms with Crippen molar-refractivity contribution in [3.8, 4) is 0 Å². The van der Waals surface area contributed by atoms with Gasteiger partial charge in [0.2, 0.25) is 0 Å². The molecular formula is C16H22Cl2N2O. The van der Waals surface area contributed by atoms with E-state index in [4.69, 9.17) is 23.2 Å². The van der Waals surface area contributed by atoms with Gasteiger partial charge in [0.15, 0.2) is 5.78 Å². The first-order chi connectivity index (χ1) is 9.95. The smallest absolute Gasteiger partial charge is 0.176 e. The molecule has 0 aliphatic carbocycles. The average Bonchev–Trinajstić information content (AvgIpc) is 2.44. The van der Waals surface area contributed by atoms with E-state index in [0.717, 1.165) is 19.6 Å². The number of ketones is 1. The highest BCUT2D eigenvalue weighted by molar-refractivity contribution is 6.42. The third-order valence-corrected chi connectivity index (χ3v) is 4.80. The lowest BCUT2D eigenvalue weighted by molar-refractivity contribution is 0.0925. The van der Waals surface area contributed by atoms with Gasteiger partial charge in [-0.3, -0.25) is 9.69 Å². The van der Waals surface area contributed by atoms with E-state index in [2.05, 4.69) is 16.8 Å². The number of piperidine rings is 1. The Kier molecular flexibility index (Phi) is 6.06. The molecule has 0 N–H and O–H groups in total. The molecule has 0 aromatic heterocycles. The fraction of sp³-hybridized carbons (Fsp3) is 0.562. The molecule has 1 aromatic rings. The van der Waals surface area contributed by atoms with Crippen molar-refractivity contribution in [3.63, 3.8) is 0 Å². The van der Waals surface area contributed by atoms with Crippen LogP contribution in [-0.4, -0.2) is 55.9 Å². The Balaban J connectivity index is 1.85. The van der Waals surface area contributed by atoms with Crippen LogP contribution in [0.15, 0.2) is 18.2 Å². The molecule has 1 saturated heterocycles. The number of rotatable bonds is 5. The van der Waals surface area contributed by atoms with E-state index in [9.17, 15) is 4.79 Å². The molecule has 21 heavy (non-hydrogen) atoms. The van der Waals surface area contributed by atoms with Gasteiger partial charge in [-0.1, -0.05) is 23.2 Å². The normalized spacial score (nSPS) is 17.4. The van der Waals surface area contributed by atoms with Crippen LogP contribution in [-0.2, 0) is 0 Å². The van der Waals surface area contributed by atoms with Crippen LogP contribution in [0.5, 0.6) is 0 Å². The number of carbonyl (C=O) groups is 1. The van der Waals surface area contributed by atoms with Gasteiger partial charge in [-0.25, -0.2) is 0 Å². The van der Waals surface area contributed by atoms with Crippen LogP contribution in [0.4, 0.5) is 0 Å². The fourth-order valence-corrected chi connectivity index (χ4v) is 3.05. The van der Waals surface area contributed by atoms with Gasteiger partial charge in [-0.15, -0.1) is 0 Å². The van der Waals surface area contributed by atoms with Crippen molar-refractivity contribution in [1.29, 1.82) is 0 Å². The number of benzene rings is 1. The van der Waals surface area contributed by atoms with Crippen molar-refractivity contribution >= 4 is 29.0 Å². The number of likely N-dealkylation sites (tertiary alicyclic amines) is 1. The molecule has 0 saturated carbocycles. The second-order valence-electron chi connectivity index (χ2n) is 6.00. The van der Waals surface area contributed by atoms with E-state index >= 15 is 0 Å². The first-order valence-electron chi connectivity index (χ1n) is 7.31. The second kappa shape index (κ2) is 7.59. The highest BCUT2D eigenvalue weighted by Crippen LogP contribution is 2.23. The van der Waals surface area contributed by atoms with Crippen LogP contribution in [0.25, 0.3) is 0 Å². The van der Waals surface area contributed by atoms with E-state index in [0.29, 0.717) is 28.1 Å². The maximum atomic E-state index is 12.3. The average molecular weight is 329 g/mol. The Bertz CT molecular complexity index is 499. The third kappa shape index (κ3) is 4.96. The molecule has 5 heteroatoms. The maximum Gasteiger partial charge on any atom is 0.176 e.